The van der Waals surface area contributed by atoms with Crippen molar-refractivity contribution in [1.82, 2.24) is 10.2 Å². The number of aromatic amines is 1. The molecule has 1 atom stereocenters. The molecule has 0 spiro atoms. The second-order valence-corrected chi connectivity index (χ2v) is 6.03. The Balaban J connectivity index is 1.92. The summed E-state index contributed by atoms with van der Waals surface area (Å²) in [5.41, 5.74) is 8.86. The number of nitriles is 1. The van der Waals surface area contributed by atoms with E-state index in [-0.39, 0.29) is 17.3 Å². The van der Waals surface area contributed by atoms with Crippen molar-refractivity contribution < 1.29 is 13.9 Å². The third-order valence-electron chi connectivity index (χ3n) is 4.50. The van der Waals surface area contributed by atoms with Crippen molar-refractivity contribution in [1.29, 1.82) is 5.26 Å². The van der Waals surface area contributed by atoms with Crippen LogP contribution in [0.3, 0.4) is 0 Å². The maximum absolute atomic E-state index is 13.9. The molecule has 1 aromatic heterocycles. The molecule has 2 heterocycles. The summed E-state index contributed by atoms with van der Waals surface area (Å²) in [5.74, 6) is -0.0401. The van der Waals surface area contributed by atoms with Crippen LogP contribution < -0.4 is 15.2 Å². The molecular weight excluding hydrogens is 347 g/mol. The number of benzene rings is 2. The van der Waals surface area contributed by atoms with Crippen molar-refractivity contribution in [2.45, 2.75) is 5.92 Å². The Kier molecular flexibility index (Phi) is 4.01. The van der Waals surface area contributed by atoms with Gasteiger partial charge < -0.3 is 15.2 Å². The number of halogens is 1. The monoisotopic (exact) mass is 362 g/mol. The number of hydrogen-bond acceptors (Lipinski definition) is 5. The van der Waals surface area contributed by atoms with Crippen LogP contribution in [0, 0.1) is 17.1 Å². The van der Waals surface area contributed by atoms with Crippen molar-refractivity contribution in [3.05, 3.63) is 76.9 Å². The number of fused-ring (bicyclic) bond motifs is 1. The standard InChI is InChI=1S/C20H15FN4O2/c1-26-14-7-5-11(6-8-14)18-17-16(12-3-2-4-13(21)9-12)15(10-22)19(23)27-20(17)25-24-18/h2-9,16H,23H2,1H3,(H,24,25). The van der Waals surface area contributed by atoms with Crippen molar-refractivity contribution in [2.75, 3.05) is 7.11 Å². The zero-order valence-electron chi connectivity index (χ0n) is 14.4. The lowest BCUT2D eigenvalue weighted by Gasteiger charge is -2.24. The molecule has 0 fully saturated rings. The van der Waals surface area contributed by atoms with Crippen molar-refractivity contribution >= 4 is 0 Å². The van der Waals surface area contributed by atoms with Crippen LogP contribution in [0.2, 0.25) is 0 Å². The number of nitrogens with one attached hydrogen (secondary N) is 1. The van der Waals surface area contributed by atoms with Crippen LogP contribution in [0.5, 0.6) is 11.6 Å². The zero-order chi connectivity index (χ0) is 19.0. The molecule has 1 aliphatic heterocycles. The van der Waals surface area contributed by atoms with Gasteiger partial charge in [-0.2, -0.15) is 5.26 Å². The molecule has 27 heavy (non-hydrogen) atoms. The number of hydrogen-bond donors (Lipinski definition) is 2. The first kappa shape index (κ1) is 16.7. The molecule has 1 unspecified atom stereocenters. The van der Waals surface area contributed by atoms with Gasteiger partial charge in [0.1, 0.15) is 23.2 Å². The summed E-state index contributed by atoms with van der Waals surface area (Å²) in [6.45, 7) is 0. The van der Waals surface area contributed by atoms with Gasteiger partial charge in [0, 0.05) is 5.56 Å². The molecule has 0 saturated heterocycles. The van der Waals surface area contributed by atoms with Crippen LogP contribution in [0.25, 0.3) is 11.3 Å². The van der Waals surface area contributed by atoms with Gasteiger partial charge in [0.05, 0.1) is 24.3 Å². The lowest BCUT2D eigenvalue weighted by atomic mass is 9.83. The minimum atomic E-state index is -0.592. The Bertz CT molecular complexity index is 1080. The SMILES string of the molecule is COc1ccc(-c2[nH]nc3c2C(c2cccc(F)c2)C(C#N)=C(N)O3)cc1. The summed E-state index contributed by atoms with van der Waals surface area (Å²) in [6, 6.07) is 15.5. The van der Waals surface area contributed by atoms with E-state index in [0.717, 1.165) is 5.56 Å². The highest BCUT2D eigenvalue weighted by atomic mass is 19.1. The van der Waals surface area contributed by atoms with E-state index in [0.29, 0.717) is 22.6 Å². The maximum atomic E-state index is 13.9. The molecule has 0 bridgehead atoms. The minimum absolute atomic E-state index is 0.0351. The number of aromatic nitrogens is 2. The minimum Gasteiger partial charge on any atom is -0.497 e. The van der Waals surface area contributed by atoms with E-state index in [9.17, 15) is 9.65 Å². The normalized spacial score (nSPS) is 15.7. The average Bonchev–Trinajstić information content (AvgIpc) is 3.10. The smallest absolute Gasteiger partial charge is 0.244 e. The molecule has 4 rings (SSSR count). The van der Waals surface area contributed by atoms with Gasteiger partial charge >= 0.3 is 0 Å². The highest BCUT2D eigenvalue weighted by molar-refractivity contribution is 5.71. The fourth-order valence-electron chi connectivity index (χ4n) is 3.24. The Morgan fingerprint density at radius 3 is 2.70 bits per heavy atom. The van der Waals surface area contributed by atoms with E-state index < -0.39 is 11.7 Å². The maximum Gasteiger partial charge on any atom is 0.244 e. The number of rotatable bonds is 3. The second-order valence-electron chi connectivity index (χ2n) is 6.03. The van der Waals surface area contributed by atoms with Crippen LogP contribution in [0.4, 0.5) is 4.39 Å². The van der Waals surface area contributed by atoms with Gasteiger partial charge in [-0.3, -0.25) is 5.10 Å². The van der Waals surface area contributed by atoms with Crippen LogP contribution in [0.15, 0.2) is 60.0 Å². The predicted molar refractivity (Wildman–Crippen MR) is 96.3 cm³/mol. The van der Waals surface area contributed by atoms with Gasteiger partial charge in [-0.1, -0.05) is 12.1 Å². The summed E-state index contributed by atoms with van der Waals surface area (Å²) in [7, 11) is 1.59. The number of methoxy groups -OCH3 is 1. The summed E-state index contributed by atoms with van der Waals surface area (Å²) in [6.07, 6.45) is 0. The third-order valence-corrected chi connectivity index (χ3v) is 4.50. The first-order valence-corrected chi connectivity index (χ1v) is 8.18. The lowest BCUT2D eigenvalue weighted by molar-refractivity contribution is 0.379. The number of nitrogens with zero attached hydrogens (tertiary/aromatic N) is 2. The van der Waals surface area contributed by atoms with E-state index in [1.54, 1.807) is 19.2 Å². The average molecular weight is 362 g/mol. The summed E-state index contributed by atoms with van der Waals surface area (Å²) in [4.78, 5) is 0. The number of ether oxygens (including phenoxy) is 2. The topological polar surface area (TPSA) is 97.0 Å². The number of allylic oxidation sites excluding steroid dienone is 1. The van der Waals surface area contributed by atoms with Crippen LogP contribution in [-0.2, 0) is 0 Å². The highest BCUT2D eigenvalue weighted by Gasteiger charge is 2.35. The van der Waals surface area contributed by atoms with Gasteiger partial charge in [0.15, 0.2) is 0 Å². The second kappa shape index (κ2) is 6.50. The van der Waals surface area contributed by atoms with Crippen molar-refractivity contribution in [3.8, 4) is 29.0 Å². The van der Waals surface area contributed by atoms with Gasteiger partial charge in [-0.05, 0) is 42.0 Å². The predicted octanol–water partition coefficient (Wildman–Crippen LogP) is 3.44. The molecule has 1 aliphatic rings. The summed E-state index contributed by atoms with van der Waals surface area (Å²) < 4.78 is 24.6. The fourth-order valence-corrected chi connectivity index (χ4v) is 3.24. The molecule has 7 heteroatoms. The molecule has 3 N–H and O–H groups in total. The van der Waals surface area contributed by atoms with Crippen molar-refractivity contribution in [3.63, 3.8) is 0 Å². The number of H-pyrrole nitrogens is 1. The number of nitrogens with two attached hydrogens (primary N) is 1. The van der Waals surface area contributed by atoms with Crippen LogP contribution in [0.1, 0.15) is 17.0 Å². The van der Waals surface area contributed by atoms with Crippen molar-refractivity contribution in [2.24, 2.45) is 5.73 Å². The quantitative estimate of drug-likeness (QED) is 0.744. The van der Waals surface area contributed by atoms with E-state index in [4.69, 9.17) is 15.2 Å². The van der Waals surface area contributed by atoms with Gasteiger partial charge in [0.25, 0.3) is 0 Å². The Labute approximate surface area is 154 Å². The van der Waals surface area contributed by atoms with E-state index in [1.807, 2.05) is 24.3 Å². The lowest BCUT2D eigenvalue weighted by Crippen LogP contribution is -2.21. The van der Waals surface area contributed by atoms with E-state index >= 15 is 0 Å². The molecule has 0 radical (unpaired) electrons. The third kappa shape index (κ3) is 2.77. The molecule has 0 saturated carbocycles. The molecule has 134 valence electrons. The molecule has 0 aliphatic carbocycles. The summed E-state index contributed by atoms with van der Waals surface area (Å²) in [5, 5.41) is 16.8. The highest BCUT2D eigenvalue weighted by Crippen LogP contribution is 2.45. The Morgan fingerprint density at radius 2 is 2.04 bits per heavy atom. The largest absolute Gasteiger partial charge is 0.497 e. The molecule has 3 aromatic rings. The Hall–Kier alpha value is -3.79. The van der Waals surface area contributed by atoms with Gasteiger partial charge in [0.2, 0.25) is 11.8 Å². The zero-order valence-corrected chi connectivity index (χ0v) is 14.4. The first-order valence-electron chi connectivity index (χ1n) is 8.18. The van der Waals surface area contributed by atoms with Gasteiger partial charge in [-0.15, -0.1) is 5.10 Å². The Morgan fingerprint density at radius 1 is 1.26 bits per heavy atom. The van der Waals surface area contributed by atoms with Crippen LogP contribution >= 0.6 is 0 Å². The van der Waals surface area contributed by atoms with E-state index in [1.165, 1.54) is 12.1 Å². The first-order chi connectivity index (χ1) is 13.1. The van der Waals surface area contributed by atoms with Crippen LogP contribution in [-0.4, -0.2) is 17.3 Å². The van der Waals surface area contributed by atoms with Gasteiger partial charge in [-0.25, -0.2) is 4.39 Å². The summed E-state index contributed by atoms with van der Waals surface area (Å²) >= 11 is 0. The fraction of sp³-hybridized carbons (Fsp3) is 0.100. The molecule has 0 amide bonds. The molecular formula is C20H15FN4O2. The van der Waals surface area contributed by atoms with E-state index in [2.05, 4.69) is 16.3 Å². The molecule has 6 nitrogen and oxygen atoms in total. The molecule has 2 aromatic carbocycles.